The molecule has 154 valence electrons. The van der Waals surface area contributed by atoms with Gasteiger partial charge >= 0.3 is 0 Å². The van der Waals surface area contributed by atoms with E-state index in [4.69, 9.17) is 11.6 Å². The number of para-hydroxylation sites is 2. The number of rotatable bonds is 6. The van der Waals surface area contributed by atoms with Gasteiger partial charge in [-0.1, -0.05) is 49.7 Å². The van der Waals surface area contributed by atoms with Gasteiger partial charge in [-0.15, -0.1) is 0 Å². The Kier molecular flexibility index (Phi) is 6.60. The maximum atomic E-state index is 13.3. The molecule has 3 rings (SSSR count). The number of anilines is 2. The molecule has 6 heteroatoms. The molecule has 0 aliphatic carbocycles. The lowest BCUT2D eigenvalue weighted by atomic mass is 9.84. The van der Waals surface area contributed by atoms with Gasteiger partial charge < -0.3 is 10.2 Å². The fraction of sp³-hybridized carbons (Fsp3) is 0.391. The van der Waals surface area contributed by atoms with Gasteiger partial charge in [0.05, 0.1) is 17.9 Å². The number of nitrogens with zero attached hydrogens (tertiary/aromatic N) is 1. The van der Waals surface area contributed by atoms with Crippen LogP contribution < -0.4 is 15.5 Å². The van der Waals surface area contributed by atoms with Crippen LogP contribution in [0, 0.1) is 0 Å². The Balaban J connectivity index is 1.84. The van der Waals surface area contributed by atoms with Gasteiger partial charge in [0.2, 0.25) is 11.8 Å². The van der Waals surface area contributed by atoms with Crippen LogP contribution in [0.2, 0.25) is 5.02 Å². The van der Waals surface area contributed by atoms with Gasteiger partial charge in [-0.05, 0) is 49.6 Å². The first-order valence-electron chi connectivity index (χ1n) is 10.1. The van der Waals surface area contributed by atoms with Crippen molar-refractivity contribution in [2.45, 2.75) is 51.6 Å². The van der Waals surface area contributed by atoms with Gasteiger partial charge in [0, 0.05) is 23.0 Å². The smallest absolute Gasteiger partial charge is 0.241 e. The molecule has 0 radical (unpaired) electrons. The zero-order valence-corrected chi connectivity index (χ0v) is 17.9. The molecular formula is C23H28ClN3O2. The lowest BCUT2D eigenvalue weighted by Crippen LogP contribution is -2.49. The number of carbonyl (C=O) groups is 2. The monoisotopic (exact) mass is 413 g/mol. The van der Waals surface area contributed by atoms with Gasteiger partial charge in [-0.25, -0.2) is 0 Å². The second-order valence-corrected chi connectivity index (χ2v) is 7.97. The quantitative estimate of drug-likeness (QED) is 0.720. The number of amides is 2. The Labute approximate surface area is 177 Å². The fourth-order valence-electron chi connectivity index (χ4n) is 4.08. The molecule has 0 spiro atoms. The first-order chi connectivity index (χ1) is 13.9. The van der Waals surface area contributed by atoms with Crippen LogP contribution in [0.5, 0.6) is 0 Å². The van der Waals surface area contributed by atoms with Crippen molar-refractivity contribution in [2.24, 2.45) is 0 Å². The average Bonchev–Trinajstić information content (AvgIpc) is 2.84. The van der Waals surface area contributed by atoms with Crippen molar-refractivity contribution in [3.05, 3.63) is 59.1 Å². The second-order valence-electron chi connectivity index (χ2n) is 7.53. The first kappa shape index (κ1) is 21.3. The summed E-state index contributed by atoms with van der Waals surface area (Å²) in [5, 5.41) is 7.10. The molecule has 29 heavy (non-hydrogen) atoms. The zero-order chi connectivity index (χ0) is 21.0. The van der Waals surface area contributed by atoms with Crippen molar-refractivity contribution in [1.29, 1.82) is 0 Å². The van der Waals surface area contributed by atoms with Gasteiger partial charge in [0.15, 0.2) is 0 Å². The van der Waals surface area contributed by atoms with Crippen molar-refractivity contribution in [2.75, 3.05) is 16.8 Å². The summed E-state index contributed by atoms with van der Waals surface area (Å²) in [4.78, 5) is 27.2. The summed E-state index contributed by atoms with van der Waals surface area (Å²) in [6.45, 7) is 6.31. The Morgan fingerprint density at radius 2 is 1.83 bits per heavy atom. The minimum absolute atomic E-state index is 0.0540. The lowest BCUT2D eigenvalue weighted by molar-refractivity contribution is -0.119. The van der Waals surface area contributed by atoms with E-state index in [-0.39, 0.29) is 36.4 Å². The molecule has 5 nitrogen and oxygen atoms in total. The molecule has 0 saturated heterocycles. The fourth-order valence-corrected chi connectivity index (χ4v) is 4.20. The number of benzene rings is 2. The summed E-state index contributed by atoms with van der Waals surface area (Å²) in [5.41, 5.74) is 2.21. The zero-order valence-electron chi connectivity index (χ0n) is 17.2. The van der Waals surface area contributed by atoms with E-state index >= 15 is 0 Å². The maximum absolute atomic E-state index is 13.3. The molecule has 1 aliphatic rings. The van der Waals surface area contributed by atoms with Crippen LogP contribution in [-0.2, 0) is 15.1 Å². The summed E-state index contributed by atoms with van der Waals surface area (Å²) >= 11 is 6.05. The van der Waals surface area contributed by atoms with Crippen LogP contribution in [0.25, 0.3) is 0 Å². The minimum atomic E-state index is -0.317. The van der Waals surface area contributed by atoms with Crippen LogP contribution in [0.4, 0.5) is 11.4 Å². The van der Waals surface area contributed by atoms with E-state index < -0.39 is 0 Å². The highest BCUT2D eigenvalue weighted by molar-refractivity contribution is 6.30. The summed E-state index contributed by atoms with van der Waals surface area (Å²) in [5.74, 6) is -0.132. The molecule has 2 N–H and O–H groups in total. The topological polar surface area (TPSA) is 61.4 Å². The molecule has 0 aromatic heterocycles. The Morgan fingerprint density at radius 3 is 2.48 bits per heavy atom. The summed E-state index contributed by atoms with van der Waals surface area (Å²) in [6, 6.07) is 15.0. The Hall–Kier alpha value is -2.37. The minimum Gasteiger partial charge on any atom is -0.324 e. The van der Waals surface area contributed by atoms with E-state index in [1.807, 2.05) is 55.5 Å². The molecule has 0 saturated carbocycles. The van der Waals surface area contributed by atoms with Crippen molar-refractivity contribution in [3.8, 4) is 0 Å². The Morgan fingerprint density at radius 1 is 1.17 bits per heavy atom. The normalized spacial score (nSPS) is 16.8. The molecule has 1 unspecified atom stereocenters. The average molecular weight is 414 g/mol. The predicted molar refractivity (Wildman–Crippen MR) is 118 cm³/mol. The number of fused-ring (bicyclic) bond motifs is 1. The number of hydrogen-bond acceptors (Lipinski definition) is 3. The van der Waals surface area contributed by atoms with E-state index in [0.29, 0.717) is 10.7 Å². The third kappa shape index (κ3) is 4.46. The summed E-state index contributed by atoms with van der Waals surface area (Å²) in [7, 11) is 0. The van der Waals surface area contributed by atoms with Crippen molar-refractivity contribution >= 4 is 34.8 Å². The lowest BCUT2D eigenvalue weighted by Gasteiger charge is -2.35. The van der Waals surface area contributed by atoms with Gasteiger partial charge in [-0.3, -0.25) is 14.9 Å². The molecule has 2 aromatic carbocycles. The maximum Gasteiger partial charge on any atom is 0.241 e. The van der Waals surface area contributed by atoms with Crippen LogP contribution in [0.3, 0.4) is 0 Å². The molecule has 1 heterocycles. The molecular weight excluding hydrogens is 386 g/mol. The molecule has 0 bridgehead atoms. The van der Waals surface area contributed by atoms with Crippen molar-refractivity contribution < 1.29 is 9.59 Å². The molecule has 2 aromatic rings. The van der Waals surface area contributed by atoms with E-state index in [1.54, 1.807) is 4.90 Å². The predicted octanol–water partition coefficient (Wildman–Crippen LogP) is 4.71. The molecule has 2 amide bonds. The number of halogens is 1. The van der Waals surface area contributed by atoms with Gasteiger partial charge in [0.25, 0.3) is 0 Å². The molecule has 1 atom stereocenters. The molecule has 0 fully saturated rings. The van der Waals surface area contributed by atoms with E-state index in [9.17, 15) is 9.59 Å². The SMILES string of the molecule is CCC(CC)(NCC(=O)N1c2ccccc2NC(=O)CC1C)c1ccc(Cl)cc1. The second kappa shape index (κ2) is 8.97. The summed E-state index contributed by atoms with van der Waals surface area (Å²) in [6.07, 6.45) is 1.94. The standard InChI is InChI=1S/C23H28ClN3O2/c1-4-23(5-2,17-10-12-18(24)13-11-17)25-15-22(29)27-16(3)14-21(28)26-19-8-6-7-9-20(19)27/h6-13,16,25H,4-5,14-15H2,1-3H3,(H,26,28). The summed E-state index contributed by atoms with van der Waals surface area (Å²) < 4.78 is 0. The third-order valence-electron chi connectivity index (χ3n) is 5.81. The van der Waals surface area contributed by atoms with Gasteiger partial charge in [-0.2, -0.15) is 0 Å². The highest BCUT2D eigenvalue weighted by Crippen LogP contribution is 2.32. The van der Waals surface area contributed by atoms with Crippen LogP contribution in [0.1, 0.15) is 45.6 Å². The van der Waals surface area contributed by atoms with E-state index in [0.717, 1.165) is 24.1 Å². The number of carbonyl (C=O) groups excluding carboxylic acids is 2. The largest absolute Gasteiger partial charge is 0.324 e. The van der Waals surface area contributed by atoms with Crippen LogP contribution in [-0.4, -0.2) is 24.4 Å². The van der Waals surface area contributed by atoms with E-state index in [1.165, 1.54) is 0 Å². The number of hydrogen-bond donors (Lipinski definition) is 2. The van der Waals surface area contributed by atoms with Crippen molar-refractivity contribution in [3.63, 3.8) is 0 Å². The van der Waals surface area contributed by atoms with Gasteiger partial charge in [0.1, 0.15) is 0 Å². The number of nitrogens with one attached hydrogen (secondary N) is 2. The van der Waals surface area contributed by atoms with E-state index in [2.05, 4.69) is 24.5 Å². The first-order valence-corrected chi connectivity index (χ1v) is 10.5. The van der Waals surface area contributed by atoms with Crippen molar-refractivity contribution in [1.82, 2.24) is 5.32 Å². The Bertz CT molecular complexity index is 878. The highest BCUT2D eigenvalue weighted by atomic mass is 35.5. The third-order valence-corrected chi connectivity index (χ3v) is 6.06. The molecule has 1 aliphatic heterocycles. The highest BCUT2D eigenvalue weighted by Gasteiger charge is 2.33. The van der Waals surface area contributed by atoms with Crippen LogP contribution >= 0.6 is 11.6 Å². The van der Waals surface area contributed by atoms with Crippen LogP contribution in [0.15, 0.2) is 48.5 Å².